The van der Waals surface area contributed by atoms with Crippen molar-refractivity contribution < 1.29 is 18.8 Å². The van der Waals surface area contributed by atoms with Crippen molar-refractivity contribution in [2.24, 2.45) is 0 Å². The largest absolute Gasteiger partial charge is 0.346 e. The van der Waals surface area contributed by atoms with Gasteiger partial charge in [0.15, 0.2) is 0 Å². The molecule has 0 aliphatic carbocycles. The van der Waals surface area contributed by atoms with E-state index >= 15 is 0 Å². The van der Waals surface area contributed by atoms with Crippen molar-refractivity contribution in [3.05, 3.63) is 59.9 Å². The lowest BCUT2D eigenvalue weighted by atomic mass is 10.0. The Morgan fingerprint density at radius 1 is 0.938 bits per heavy atom. The fourth-order valence-corrected chi connectivity index (χ4v) is 3.61. The quantitative estimate of drug-likeness (QED) is 0.595. The fraction of sp³-hybridized carbons (Fsp3) is 0.348. The second kappa shape index (κ2) is 10.8. The SMILES string of the molecule is CC(=O)Nc1cccc(NC(=O)C(=O)NCC(c2ccc(F)cc2)N2CCN(C)CC2)c1. The van der Waals surface area contributed by atoms with Crippen LogP contribution >= 0.6 is 0 Å². The maximum atomic E-state index is 13.4. The maximum absolute atomic E-state index is 13.4. The van der Waals surface area contributed by atoms with Crippen LogP contribution < -0.4 is 16.0 Å². The molecular weight excluding hydrogens is 413 g/mol. The van der Waals surface area contributed by atoms with Gasteiger partial charge in [-0.25, -0.2) is 4.39 Å². The first-order valence-corrected chi connectivity index (χ1v) is 10.5. The number of hydrogen-bond donors (Lipinski definition) is 3. The first kappa shape index (κ1) is 23.4. The summed E-state index contributed by atoms with van der Waals surface area (Å²) in [6.45, 7) is 4.98. The summed E-state index contributed by atoms with van der Waals surface area (Å²) in [5, 5.41) is 7.86. The summed E-state index contributed by atoms with van der Waals surface area (Å²) >= 11 is 0. The highest BCUT2D eigenvalue weighted by Gasteiger charge is 2.25. The molecule has 8 nitrogen and oxygen atoms in total. The molecule has 3 amide bonds. The van der Waals surface area contributed by atoms with Gasteiger partial charge in [-0.3, -0.25) is 19.3 Å². The molecule has 1 fully saturated rings. The number of rotatable bonds is 6. The van der Waals surface area contributed by atoms with Gasteiger partial charge in [-0.05, 0) is 42.9 Å². The van der Waals surface area contributed by atoms with E-state index < -0.39 is 11.8 Å². The molecule has 1 aliphatic heterocycles. The second-order valence-electron chi connectivity index (χ2n) is 7.83. The molecular formula is C23H28FN5O3. The summed E-state index contributed by atoms with van der Waals surface area (Å²) in [6.07, 6.45) is 0. The monoisotopic (exact) mass is 441 g/mol. The average molecular weight is 442 g/mol. The lowest BCUT2D eigenvalue weighted by Gasteiger charge is -2.38. The van der Waals surface area contributed by atoms with Crippen molar-refractivity contribution in [1.29, 1.82) is 0 Å². The molecule has 1 heterocycles. The molecule has 1 atom stereocenters. The van der Waals surface area contributed by atoms with Crippen LogP contribution in [-0.4, -0.2) is 67.3 Å². The topological polar surface area (TPSA) is 93.8 Å². The molecule has 0 spiro atoms. The van der Waals surface area contributed by atoms with Gasteiger partial charge in [0.1, 0.15) is 5.82 Å². The minimum atomic E-state index is -0.804. The Morgan fingerprint density at radius 3 is 2.19 bits per heavy atom. The fourth-order valence-electron chi connectivity index (χ4n) is 3.61. The van der Waals surface area contributed by atoms with Gasteiger partial charge in [0.2, 0.25) is 5.91 Å². The Balaban J connectivity index is 1.63. The Hall–Kier alpha value is -3.30. The lowest BCUT2D eigenvalue weighted by Crippen LogP contribution is -2.49. The number of amides is 3. The zero-order chi connectivity index (χ0) is 23.1. The molecule has 32 heavy (non-hydrogen) atoms. The summed E-state index contributed by atoms with van der Waals surface area (Å²) in [6, 6.07) is 12.6. The number of nitrogens with zero attached hydrogens (tertiary/aromatic N) is 2. The minimum Gasteiger partial charge on any atom is -0.346 e. The van der Waals surface area contributed by atoms with Crippen LogP contribution in [0.25, 0.3) is 0 Å². The summed E-state index contributed by atoms with van der Waals surface area (Å²) < 4.78 is 13.4. The van der Waals surface area contributed by atoms with Gasteiger partial charge in [-0.15, -0.1) is 0 Å². The molecule has 1 aliphatic rings. The summed E-state index contributed by atoms with van der Waals surface area (Å²) in [5.41, 5.74) is 1.78. The number of piperazine rings is 1. The van der Waals surface area contributed by atoms with Gasteiger partial charge in [-0.2, -0.15) is 0 Å². The van der Waals surface area contributed by atoms with E-state index in [1.165, 1.54) is 19.1 Å². The average Bonchev–Trinajstić information content (AvgIpc) is 2.76. The number of anilines is 2. The van der Waals surface area contributed by atoms with Gasteiger partial charge in [-0.1, -0.05) is 18.2 Å². The van der Waals surface area contributed by atoms with Crippen molar-refractivity contribution in [3.63, 3.8) is 0 Å². The summed E-state index contributed by atoms with van der Waals surface area (Å²) in [7, 11) is 2.05. The van der Waals surface area contributed by atoms with E-state index in [4.69, 9.17) is 0 Å². The van der Waals surface area contributed by atoms with Crippen LogP contribution in [-0.2, 0) is 14.4 Å². The third-order valence-electron chi connectivity index (χ3n) is 5.34. The first-order chi connectivity index (χ1) is 15.3. The summed E-state index contributed by atoms with van der Waals surface area (Å²) in [5.74, 6) is -2.13. The number of likely N-dealkylation sites (N-methyl/N-ethyl adjacent to an activating group) is 1. The maximum Gasteiger partial charge on any atom is 0.313 e. The van der Waals surface area contributed by atoms with E-state index in [2.05, 4.69) is 32.8 Å². The van der Waals surface area contributed by atoms with E-state index in [-0.39, 0.29) is 24.3 Å². The van der Waals surface area contributed by atoms with E-state index in [1.54, 1.807) is 36.4 Å². The van der Waals surface area contributed by atoms with Crippen LogP contribution in [0, 0.1) is 5.82 Å². The van der Waals surface area contributed by atoms with Crippen LogP contribution in [0.3, 0.4) is 0 Å². The predicted molar refractivity (Wildman–Crippen MR) is 121 cm³/mol. The Morgan fingerprint density at radius 2 is 1.56 bits per heavy atom. The molecule has 0 saturated carbocycles. The van der Waals surface area contributed by atoms with Gasteiger partial charge < -0.3 is 20.9 Å². The number of carbonyl (C=O) groups excluding carboxylic acids is 3. The Labute approximate surface area is 186 Å². The van der Waals surface area contributed by atoms with Crippen LogP contribution in [0.1, 0.15) is 18.5 Å². The van der Waals surface area contributed by atoms with E-state index in [1.807, 2.05) is 0 Å². The zero-order valence-electron chi connectivity index (χ0n) is 18.2. The molecule has 3 rings (SSSR count). The number of benzene rings is 2. The Kier molecular flexibility index (Phi) is 7.91. The third kappa shape index (κ3) is 6.60. The zero-order valence-corrected chi connectivity index (χ0v) is 18.2. The highest BCUT2D eigenvalue weighted by molar-refractivity contribution is 6.39. The van der Waals surface area contributed by atoms with Gasteiger partial charge in [0.25, 0.3) is 0 Å². The smallest absolute Gasteiger partial charge is 0.313 e. The predicted octanol–water partition coefficient (Wildman–Crippen LogP) is 1.83. The molecule has 9 heteroatoms. The van der Waals surface area contributed by atoms with E-state index in [9.17, 15) is 18.8 Å². The van der Waals surface area contributed by atoms with Crippen LogP contribution in [0.5, 0.6) is 0 Å². The third-order valence-corrected chi connectivity index (χ3v) is 5.34. The molecule has 2 aromatic carbocycles. The van der Waals surface area contributed by atoms with Crippen LogP contribution in [0.15, 0.2) is 48.5 Å². The Bertz CT molecular complexity index is 958. The molecule has 0 aromatic heterocycles. The van der Waals surface area contributed by atoms with Crippen molar-refractivity contribution in [1.82, 2.24) is 15.1 Å². The van der Waals surface area contributed by atoms with Crippen molar-refractivity contribution in [3.8, 4) is 0 Å². The molecule has 0 radical (unpaired) electrons. The van der Waals surface area contributed by atoms with Crippen molar-refractivity contribution in [2.45, 2.75) is 13.0 Å². The molecule has 1 saturated heterocycles. The van der Waals surface area contributed by atoms with E-state index in [0.29, 0.717) is 11.4 Å². The first-order valence-electron chi connectivity index (χ1n) is 10.5. The van der Waals surface area contributed by atoms with Gasteiger partial charge >= 0.3 is 11.8 Å². The highest BCUT2D eigenvalue weighted by Crippen LogP contribution is 2.22. The van der Waals surface area contributed by atoms with Gasteiger partial charge in [0, 0.05) is 51.0 Å². The van der Waals surface area contributed by atoms with Crippen LogP contribution in [0.4, 0.5) is 15.8 Å². The number of hydrogen-bond acceptors (Lipinski definition) is 5. The molecule has 2 aromatic rings. The van der Waals surface area contributed by atoms with Crippen LogP contribution in [0.2, 0.25) is 0 Å². The summed E-state index contributed by atoms with van der Waals surface area (Å²) in [4.78, 5) is 40.5. The number of halogens is 1. The lowest BCUT2D eigenvalue weighted by molar-refractivity contribution is -0.136. The molecule has 0 bridgehead atoms. The van der Waals surface area contributed by atoms with E-state index in [0.717, 1.165) is 31.7 Å². The molecule has 3 N–H and O–H groups in total. The standard InChI is InChI=1S/C23H28FN5O3/c1-16(30)26-19-4-3-5-20(14-19)27-23(32)22(31)25-15-21(17-6-8-18(24)9-7-17)29-12-10-28(2)11-13-29/h3-9,14,21H,10-13,15H2,1-2H3,(H,25,31)(H,26,30)(H,27,32). The number of nitrogens with one attached hydrogen (secondary N) is 3. The second-order valence-corrected chi connectivity index (χ2v) is 7.83. The molecule has 1 unspecified atom stereocenters. The normalized spacial score (nSPS) is 15.6. The van der Waals surface area contributed by atoms with Crippen molar-refractivity contribution >= 4 is 29.1 Å². The minimum absolute atomic E-state index is 0.177. The highest BCUT2D eigenvalue weighted by atomic mass is 19.1. The van der Waals surface area contributed by atoms with Crippen molar-refractivity contribution in [2.75, 3.05) is 50.4 Å². The number of carbonyl (C=O) groups is 3. The van der Waals surface area contributed by atoms with Gasteiger partial charge in [0.05, 0.1) is 6.04 Å². The molecule has 170 valence electrons.